The number of hydrogen-bond acceptors (Lipinski definition) is 3. The number of rotatable bonds is 6. The summed E-state index contributed by atoms with van der Waals surface area (Å²) >= 11 is 0. The van der Waals surface area contributed by atoms with Gasteiger partial charge in [-0.3, -0.25) is 4.79 Å². The molecule has 1 aliphatic heterocycles. The first kappa shape index (κ1) is 13.2. The summed E-state index contributed by atoms with van der Waals surface area (Å²) in [4.78, 5) is 11.8. The van der Waals surface area contributed by atoms with Crippen LogP contribution in [0.15, 0.2) is 30.3 Å². The van der Waals surface area contributed by atoms with Crippen molar-refractivity contribution in [3.8, 4) is 0 Å². The van der Waals surface area contributed by atoms with Crippen LogP contribution in [0.2, 0.25) is 0 Å². The van der Waals surface area contributed by atoms with E-state index in [0.717, 1.165) is 32.5 Å². The maximum Gasteiger partial charge on any atom is 0.135 e. The molecule has 1 saturated heterocycles. The van der Waals surface area contributed by atoms with Crippen LogP contribution in [0.1, 0.15) is 24.8 Å². The molecule has 1 aliphatic rings. The van der Waals surface area contributed by atoms with Gasteiger partial charge >= 0.3 is 0 Å². The van der Waals surface area contributed by atoms with E-state index in [-0.39, 0.29) is 6.10 Å². The summed E-state index contributed by atoms with van der Waals surface area (Å²) in [6.45, 7) is 2.44. The van der Waals surface area contributed by atoms with Crippen LogP contribution in [0.3, 0.4) is 0 Å². The fraction of sp³-hybridized carbons (Fsp3) is 0.533. The van der Waals surface area contributed by atoms with Crippen LogP contribution in [0.4, 0.5) is 0 Å². The third kappa shape index (κ3) is 4.59. The average molecular weight is 247 g/mol. The maximum absolute atomic E-state index is 11.8. The Morgan fingerprint density at radius 3 is 2.89 bits per heavy atom. The second-order valence-corrected chi connectivity index (χ2v) is 4.78. The van der Waals surface area contributed by atoms with Crippen molar-refractivity contribution < 1.29 is 9.53 Å². The van der Waals surface area contributed by atoms with Gasteiger partial charge in [0.1, 0.15) is 5.78 Å². The van der Waals surface area contributed by atoms with Gasteiger partial charge in [-0.1, -0.05) is 30.3 Å². The van der Waals surface area contributed by atoms with Crippen LogP contribution < -0.4 is 5.32 Å². The lowest BCUT2D eigenvalue weighted by Gasteiger charge is -2.22. The van der Waals surface area contributed by atoms with E-state index in [1.165, 1.54) is 5.56 Å². The van der Waals surface area contributed by atoms with E-state index in [1.54, 1.807) is 0 Å². The molecule has 2 rings (SSSR count). The minimum Gasteiger partial charge on any atom is -0.375 e. The van der Waals surface area contributed by atoms with Crippen molar-refractivity contribution in [1.29, 1.82) is 0 Å². The van der Waals surface area contributed by atoms with Gasteiger partial charge in [-0.2, -0.15) is 0 Å². The molecule has 18 heavy (non-hydrogen) atoms. The lowest BCUT2D eigenvalue weighted by Crippen LogP contribution is -2.39. The summed E-state index contributed by atoms with van der Waals surface area (Å²) in [5.41, 5.74) is 1.31. The van der Waals surface area contributed by atoms with Gasteiger partial charge in [-0.05, 0) is 18.4 Å². The van der Waals surface area contributed by atoms with Gasteiger partial charge in [0.05, 0.1) is 12.7 Å². The highest BCUT2D eigenvalue weighted by Crippen LogP contribution is 2.09. The number of nitrogens with one attached hydrogen (secondary N) is 1. The van der Waals surface area contributed by atoms with E-state index in [4.69, 9.17) is 4.74 Å². The van der Waals surface area contributed by atoms with Gasteiger partial charge in [0.15, 0.2) is 0 Å². The highest BCUT2D eigenvalue weighted by Gasteiger charge is 2.16. The van der Waals surface area contributed by atoms with Gasteiger partial charge in [-0.25, -0.2) is 0 Å². The van der Waals surface area contributed by atoms with Gasteiger partial charge in [-0.15, -0.1) is 0 Å². The lowest BCUT2D eigenvalue weighted by atomic mass is 10.0. The minimum atomic E-state index is 0.0861. The van der Waals surface area contributed by atoms with Gasteiger partial charge < -0.3 is 10.1 Å². The zero-order chi connectivity index (χ0) is 12.6. The number of benzene rings is 1. The van der Waals surface area contributed by atoms with E-state index in [2.05, 4.69) is 17.4 Å². The summed E-state index contributed by atoms with van der Waals surface area (Å²) < 4.78 is 5.53. The largest absolute Gasteiger partial charge is 0.375 e. The number of ether oxygens (including phenoxy) is 1. The third-order valence-electron chi connectivity index (χ3n) is 3.22. The topological polar surface area (TPSA) is 38.3 Å². The molecule has 1 atom stereocenters. The van der Waals surface area contributed by atoms with Crippen molar-refractivity contribution in [2.75, 3.05) is 19.7 Å². The monoisotopic (exact) mass is 247 g/mol. The van der Waals surface area contributed by atoms with E-state index < -0.39 is 0 Å². The Kier molecular flexibility index (Phi) is 5.36. The Balaban J connectivity index is 1.62. The predicted molar refractivity (Wildman–Crippen MR) is 71.6 cm³/mol. The normalized spacial score (nSPS) is 19.7. The molecule has 0 saturated carbocycles. The van der Waals surface area contributed by atoms with Crippen molar-refractivity contribution in [3.05, 3.63) is 35.9 Å². The minimum absolute atomic E-state index is 0.0861. The molecule has 0 bridgehead atoms. The fourth-order valence-electron chi connectivity index (χ4n) is 2.24. The first-order valence-electron chi connectivity index (χ1n) is 6.72. The predicted octanol–water partition coefficient (Wildman–Crippen LogP) is 1.96. The molecule has 0 amide bonds. The number of carbonyl (C=O) groups excluding carboxylic acids is 1. The first-order valence-corrected chi connectivity index (χ1v) is 6.72. The molecule has 1 heterocycles. The van der Waals surface area contributed by atoms with E-state index in [9.17, 15) is 4.79 Å². The van der Waals surface area contributed by atoms with Gasteiger partial charge in [0.25, 0.3) is 0 Å². The molecule has 1 N–H and O–H groups in total. The first-order chi connectivity index (χ1) is 8.84. The number of hydrogen-bond donors (Lipinski definition) is 1. The molecule has 0 radical (unpaired) electrons. The Morgan fingerprint density at radius 2 is 2.17 bits per heavy atom. The van der Waals surface area contributed by atoms with Crippen molar-refractivity contribution in [3.63, 3.8) is 0 Å². The van der Waals surface area contributed by atoms with Crippen molar-refractivity contribution >= 4 is 5.78 Å². The number of Topliss-reactive ketones (excluding diaryl/α,β-unsaturated/α-hetero) is 1. The third-order valence-corrected chi connectivity index (χ3v) is 3.22. The zero-order valence-electron chi connectivity index (χ0n) is 10.7. The Labute approximate surface area is 109 Å². The summed E-state index contributed by atoms with van der Waals surface area (Å²) in [7, 11) is 0. The molecular formula is C15H21NO2. The standard InChI is InChI=1S/C15H21NO2/c17-14(11-15-12-16-9-10-18-15)8-4-7-13-5-2-1-3-6-13/h1-3,5-6,15-16H,4,7-12H2. The van der Waals surface area contributed by atoms with Crippen LogP contribution in [-0.2, 0) is 16.0 Å². The number of morpholine rings is 1. The summed E-state index contributed by atoms with van der Waals surface area (Å²) in [5, 5.41) is 3.24. The van der Waals surface area contributed by atoms with Crippen LogP contribution in [0, 0.1) is 0 Å². The summed E-state index contributed by atoms with van der Waals surface area (Å²) in [5.74, 6) is 0.319. The smallest absolute Gasteiger partial charge is 0.135 e. The van der Waals surface area contributed by atoms with Crippen LogP contribution in [-0.4, -0.2) is 31.6 Å². The Bertz CT molecular complexity index is 358. The second-order valence-electron chi connectivity index (χ2n) is 4.78. The Morgan fingerprint density at radius 1 is 1.33 bits per heavy atom. The second kappa shape index (κ2) is 7.29. The van der Waals surface area contributed by atoms with Crippen molar-refractivity contribution in [2.24, 2.45) is 0 Å². The SMILES string of the molecule is O=C(CCCc1ccccc1)CC1CNCCO1. The maximum atomic E-state index is 11.8. The zero-order valence-corrected chi connectivity index (χ0v) is 10.7. The molecule has 1 aromatic rings. The highest BCUT2D eigenvalue weighted by atomic mass is 16.5. The highest BCUT2D eigenvalue weighted by molar-refractivity contribution is 5.78. The summed E-state index contributed by atoms with van der Waals surface area (Å²) in [6, 6.07) is 10.3. The number of ketones is 1. The molecule has 0 aromatic heterocycles. The molecule has 98 valence electrons. The van der Waals surface area contributed by atoms with Crippen molar-refractivity contribution in [1.82, 2.24) is 5.32 Å². The number of aryl methyl sites for hydroxylation is 1. The van der Waals surface area contributed by atoms with Crippen LogP contribution >= 0.6 is 0 Å². The van der Waals surface area contributed by atoms with E-state index in [1.807, 2.05) is 18.2 Å². The lowest BCUT2D eigenvalue weighted by molar-refractivity contribution is -0.122. The van der Waals surface area contributed by atoms with E-state index >= 15 is 0 Å². The molecule has 3 nitrogen and oxygen atoms in total. The molecule has 1 fully saturated rings. The van der Waals surface area contributed by atoms with Crippen LogP contribution in [0.25, 0.3) is 0 Å². The molecule has 0 aliphatic carbocycles. The molecule has 1 unspecified atom stereocenters. The average Bonchev–Trinajstić information content (AvgIpc) is 2.41. The summed E-state index contributed by atoms with van der Waals surface area (Å²) in [6.07, 6.45) is 3.22. The number of carbonyl (C=O) groups is 1. The van der Waals surface area contributed by atoms with E-state index in [0.29, 0.717) is 18.6 Å². The molecule has 1 aromatic carbocycles. The molecular weight excluding hydrogens is 226 g/mol. The van der Waals surface area contributed by atoms with Gasteiger partial charge in [0, 0.05) is 25.9 Å². The quantitative estimate of drug-likeness (QED) is 0.835. The van der Waals surface area contributed by atoms with Gasteiger partial charge in [0.2, 0.25) is 0 Å². The molecule has 3 heteroatoms. The van der Waals surface area contributed by atoms with Crippen LogP contribution in [0.5, 0.6) is 0 Å². The Hall–Kier alpha value is -1.19. The fourth-order valence-corrected chi connectivity index (χ4v) is 2.24. The molecule has 0 spiro atoms. The van der Waals surface area contributed by atoms with Crippen molar-refractivity contribution in [2.45, 2.75) is 31.8 Å².